The van der Waals surface area contributed by atoms with Gasteiger partial charge in [0.2, 0.25) is 0 Å². The molecule has 0 bridgehead atoms. The van der Waals surface area contributed by atoms with E-state index in [0.29, 0.717) is 6.61 Å². The van der Waals surface area contributed by atoms with Gasteiger partial charge in [-0.1, -0.05) is 0 Å². The summed E-state index contributed by atoms with van der Waals surface area (Å²) in [6.45, 7) is 2.26. The normalized spacial score (nSPS) is 14.2. The Labute approximate surface area is 122 Å². The molecule has 1 aromatic rings. The van der Waals surface area contributed by atoms with Crippen molar-refractivity contribution < 1.29 is 9.47 Å². The average Bonchev–Trinajstić information content (AvgIpc) is 2.39. The maximum atomic E-state index is 11.7. The van der Waals surface area contributed by atoms with Crippen molar-refractivity contribution in [3.05, 3.63) is 33.1 Å². The highest BCUT2D eigenvalue weighted by Crippen LogP contribution is 2.13. The number of methoxy groups -OCH3 is 1. The maximum Gasteiger partial charge on any atom is 0.330 e. The van der Waals surface area contributed by atoms with Gasteiger partial charge in [0.1, 0.15) is 6.23 Å². The Morgan fingerprint density at radius 2 is 2.20 bits per heavy atom. The zero-order valence-corrected chi connectivity index (χ0v) is 12.9. The summed E-state index contributed by atoms with van der Waals surface area (Å²) in [5, 5.41) is 0. The minimum Gasteiger partial charge on any atom is -0.382 e. The van der Waals surface area contributed by atoms with Crippen molar-refractivity contribution in [1.82, 2.24) is 9.55 Å². The molecule has 0 amide bonds. The Balaban J connectivity index is 2.66. The molecule has 7 heteroatoms. The Kier molecular flexibility index (Phi) is 7.64. The first-order valence-corrected chi connectivity index (χ1v) is 7.92. The predicted octanol–water partition coefficient (Wildman–Crippen LogP) is 1.23. The van der Waals surface area contributed by atoms with Gasteiger partial charge in [-0.05, 0) is 31.8 Å². The van der Waals surface area contributed by atoms with E-state index in [0.717, 1.165) is 18.6 Å². The number of aromatic nitrogens is 2. The molecule has 1 N–H and O–H groups in total. The smallest absolute Gasteiger partial charge is 0.330 e. The van der Waals surface area contributed by atoms with Crippen LogP contribution in [0.15, 0.2) is 21.9 Å². The van der Waals surface area contributed by atoms with E-state index in [1.807, 2.05) is 0 Å². The number of nitrogens with one attached hydrogen (secondary N) is 1. The summed E-state index contributed by atoms with van der Waals surface area (Å²) >= 11 is 1.79. The van der Waals surface area contributed by atoms with Gasteiger partial charge in [-0.2, -0.15) is 11.8 Å². The number of rotatable bonds is 9. The fraction of sp³-hybridized carbons (Fsp3) is 0.692. The molecular weight excluding hydrogens is 280 g/mol. The van der Waals surface area contributed by atoms with E-state index in [4.69, 9.17) is 9.47 Å². The first-order chi connectivity index (χ1) is 9.58. The average molecular weight is 302 g/mol. The highest BCUT2D eigenvalue weighted by molar-refractivity contribution is 7.98. The van der Waals surface area contributed by atoms with Gasteiger partial charge in [0, 0.05) is 19.4 Å². The molecule has 0 spiro atoms. The quantitative estimate of drug-likeness (QED) is 0.695. The lowest BCUT2D eigenvalue weighted by Gasteiger charge is -2.23. The number of hydrogen-bond donors (Lipinski definition) is 1. The molecule has 114 valence electrons. The number of thioether (sulfide) groups is 1. The van der Waals surface area contributed by atoms with Gasteiger partial charge in [0.15, 0.2) is 0 Å². The minimum absolute atomic E-state index is 0.0685. The van der Waals surface area contributed by atoms with Crippen molar-refractivity contribution in [2.24, 2.45) is 0 Å². The monoisotopic (exact) mass is 302 g/mol. The molecule has 0 aliphatic rings. The topological polar surface area (TPSA) is 73.3 Å². The zero-order chi connectivity index (χ0) is 15.0. The van der Waals surface area contributed by atoms with Crippen LogP contribution in [-0.2, 0) is 9.47 Å². The summed E-state index contributed by atoms with van der Waals surface area (Å²) in [7, 11) is 1.63. The van der Waals surface area contributed by atoms with Crippen molar-refractivity contribution in [1.29, 1.82) is 0 Å². The number of H-pyrrole nitrogens is 1. The largest absolute Gasteiger partial charge is 0.382 e. The molecule has 0 aromatic carbocycles. The summed E-state index contributed by atoms with van der Waals surface area (Å²) in [6, 6.07) is 1.31. The second-order valence-electron chi connectivity index (χ2n) is 4.47. The molecule has 1 rings (SSSR count). The Bertz CT molecular complexity index is 500. The van der Waals surface area contributed by atoms with Crippen LogP contribution < -0.4 is 11.2 Å². The first-order valence-electron chi connectivity index (χ1n) is 6.53. The molecule has 1 aromatic heterocycles. The summed E-state index contributed by atoms with van der Waals surface area (Å²) in [4.78, 5) is 24.9. The van der Waals surface area contributed by atoms with Crippen LogP contribution >= 0.6 is 11.8 Å². The van der Waals surface area contributed by atoms with E-state index in [2.05, 4.69) is 11.2 Å². The molecular formula is C13H22N2O4S. The third kappa shape index (κ3) is 5.52. The van der Waals surface area contributed by atoms with Crippen molar-refractivity contribution in [3.63, 3.8) is 0 Å². The number of aromatic amines is 1. The van der Waals surface area contributed by atoms with Crippen molar-refractivity contribution in [2.75, 3.05) is 25.7 Å². The summed E-state index contributed by atoms with van der Waals surface area (Å²) in [5.41, 5.74) is -0.878. The van der Waals surface area contributed by atoms with Crippen molar-refractivity contribution in [3.8, 4) is 0 Å². The second-order valence-corrected chi connectivity index (χ2v) is 5.45. The predicted molar refractivity (Wildman–Crippen MR) is 80.4 cm³/mol. The van der Waals surface area contributed by atoms with E-state index in [-0.39, 0.29) is 6.10 Å². The molecule has 1 unspecified atom stereocenters. The van der Waals surface area contributed by atoms with Crippen LogP contribution in [0.4, 0.5) is 0 Å². The van der Waals surface area contributed by atoms with Gasteiger partial charge >= 0.3 is 5.69 Å². The lowest BCUT2D eigenvalue weighted by molar-refractivity contribution is -0.0773. The highest BCUT2D eigenvalue weighted by atomic mass is 32.2. The Hall–Kier alpha value is -1.05. The molecule has 0 saturated heterocycles. The molecule has 0 radical (unpaired) electrons. The fourth-order valence-corrected chi connectivity index (χ4v) is 2.34. The molecule has 0 saturated carbocycles. The highest BCUT2D eigenvalue weighted by Gasteiger charge is 2.15. The number of hydrogen-bond acceptors (Lipinski definition) is 5. The van der Waals surface area contributed by atoms with E-state index in [9.17, 15) is 9.59 Å². The van der Waals surface area contributed by atoms with Crippen LogP contribution in [-0.4, -0.2) is 41.4 Å². The van der Waals surface area contributed by atoms with Gasteiger partial charge in [-0.3, -0.25) is 14.3 Å². The van der Waals surface area contributed by atoms with E-state index < -0.39 is 17.5 Å². The van der Waals surface area contributed by atoms with Gasteiger partial charge < -0.3 is 9.47 Å². The van der Waals surface area contributed by atoms with Gasteiger partial charge in [-0.25, -0.2) is 4.79 Å². The van der Waals surface area contributed by atoms with E-state index in [1.165, 1.54) is 16.8 Å². The maximum absolute atomic E-state index is 11.7. The lowest BCUT2D eigenvalue weighted by Crippen LogP contribution is -2.33. The van der Waals surface area contributed by atoms with Gasteiger partial charge in [-0.15, -0.1) is 0 Å². The third-order valence-electron chi connectivity index (χ3n) is 2.86. The molecule has 2 atom stereocenters. The first kappa shape index (κ1) is 17.0. The van der Waals surface area contributed by atoms with E-state index >= 15 is 0 Å². The molecule has 0 fully saturated rings. The molecule has 6 nitrogen and oxygen atoms in total. The van der Waals surface area contributed by atoms with Crippen LogP contribution in [0.2, 0.25) is 0 Å². The summed E-state index contributed by atoms with van der Waals surface area (Å²) in [5.74, 6) is 1.07. The number of nitrogens with zero attached hydrogens (tertiary/aromatic N) is 1. The lowest BCUT2D eigenvalue weighted by atomic mass is 10.2. The molecule has 1 heterocycles. The molecule has 20 heavy (non-hydrogen) atoms. The third-order valence-corrected chi connectivity index (χ3v) is 3.56. The van der Waals surface area contributed by atoms with Gasteiger partial charge in [0.25, 0.3) is 5.56 Å². The standard InChI is InChI=1S/C13H22N2O4S/c1-10(15-7-6-12(16)14-13(15)17)19-11(9-18-2)5-4-8-20-3/h6-7,10-11H,4-5,8-9H2,1-3H3,(H,14,16,17)/t10-,11?/m1/s1. The zero-order valence-electron chi connectivity index (χ0n) is 12.1. The number of ether oxygens (including phenoxy) is 2. The molecule has 0 aliphatic carbocycles. The summed E-state index contributed by atoms with van der Waals surface area (Å²) in [6.07, 6.45) is 4.89. The van der Waals surface area contributed by atoms with Crippen LogP contribution in [0.25, 0.3) is 0 Å². The fourth-order valence-electron chi connectivity index (χ4n) is 1.89. The second kappa shape index (κ2) is 8.99. The minimum atomic E-state index is -0.467. The van der Waals surface area contributed by atoms with Crippen LogP contribution in [0.5, 0.6) is 0 Å². The molecule has 0 aliphatic heterocycles. The Morgan fingerprint density at radius 3 is 2.80 bits per heavy atom. The Morgan fingerprint density at radius 1 is 1.45 bits per heavy atom. The van der Waals surface area contributed by atoms with Crippen LogP contribution in [0.3, 0.4) is 0 Å². The van der Waals surface area contributed by atoms with Crippen LogP contribution in [0, 0.1) is 0 Å². The van der Waals surface area contributed by atoms with Crippen LogP contribution in [0.1, 0.15) is 26.0 Å². The van der Waals surface area contributed by atoms with Crippen molar-refractivity contribution in [2.45, 2.75) is 32.1 Å². The van der Waals surface area contributed by atoms with Gasteiger partial charge in [0.05, 0.1) is 12.7 Å². The van der Waals surface area contributed by atoms with Crippen molar-refractivity contribution >= 4 is 11.8 Å². The SMILES string of the molecule is COCC(CCCSC)O[C@H](C)n1ccc(=O)[nH]c1=O. The summed E-state index contributed by atoms with van der Waals surface area (Å²) < 4.78 is 12.4. The van der Waals surface area contributed by atoms with E-state index in [1.54, 1.807) is 25.8 Å².